The Hall–Kier alpha value is -2.70. The Bertz CT molecular complexity index is 892. The predicted molar refractivity (Wildman–Crippen MR) is 100 cm³/mol. The molecule has 1 fully saturated rings. The van der Waals surface area contributed by atoms with Crippen LogP contribution in [0.3, 0.4) is 0 Å². The Labute approximate surface area is 157 Å². The zero-order valence-electron chi connectivity index (χ0n) is 15.8. The number of carbonyl (C=O) groups is 2. The standard InChI is InChI=1S/C20H24FN3O3/c1-20(2,3)27-19(26)24-8-4-5-12(11-24)17-15(18(22)25)10-13-9-14(21)6-7-16(13)23-17/h6-7,9-10,12H,4-5,8,11H2,1-3H3,(H2,22,25). The number of amides is 2. The molecular formula is C20H24FN3O3. The van der Waals surface area contributed by atoms with Crippen molar-refractivity contribution in [2.45, 2.75) is 45.1 Å². The van der Waals surface area contributed by atoms with Gasteiger partial charge in [0.15, 0.2) is 0 Å². The van der Waals surface area contributed by atoms with Crippen LogP contribution < -0.4 is 5.73 Å². The molecule has 0 radical (unpaired) electrons. The van der Waals surface area contributed by atoms with E-state index in [1.54, 1.807) is 17.0 Å². The summed E-state index contributed by atoms with van der Waals surface area (Å²) in [6.07, 6.45) is 1.17. The first-order valence-electron chi connectivity index (χ1n) is 9.02. The van der Waals surface area contributed by atoms with Crippen LogP contribution in [0.5, 0.6) is 0 Å². The van der Waals surface area contributed by atoms with Crippen molar-refractivity contribution in [2.24, 2.45) is 5.73 Å². The van der Waals surface area contributed by atoms with Crippen LogP contribution in [0.15, 0.2) is 24.3 Å². The Morgan fingerprint density at radius 3 is 2.70 bits per heavy atom. The second-order valence-electron chi connectivity index (χ2n) is 7.89. The number of nitrogens with two attached hydrogens (primary N) is 1. The molecule has 0 saturated carbocycles. The van der Waals surface area contributed by atoms with Crippen LogP contribution in [0.4, 0.5) is 9.18 Å². The smallest absolute Gasteiger partial charge is 0.410 e. The Kier molecular flexibility index (Phi) is 5.04. The molecule has 7 heteroatoms. The number of fused-ring (bicyclic) bond motifs is 1. The predicted octanol–water partition coefficient (Wildman–Crippen LogP) is 3.59. The van der Waals surface area contributed by atoms with Crippen molar-refractivity contribution in [3.8, 4) is 0 Å². The van der Waals surface area contributed by atoms with Crippen LogP contribution in [-0.2, 0) is 4.74 Å². The maximum Gasteiger partial charge on any atom is 0.410 e. The molecule has 1 unspecified atom stereocenters. The number of ether oxygens (including phenoxy) is 1. The third-order valence-corrected chi connectivity index (χ3v) is 4.53. The van der Waals surface area contributed by atoms with Gasteiger partial charge in [-0.25, -0.2) is 9.18 Å². The van der Waals surface area contributed by atoms with Crippen LogP contribution in [-0.4, -0.2) is 40.6 Å². The minimum absolute atomic E-state index is 0.136. The SMILES string of the molecule is CC(C)(C)OC(=O)N1CCCC(c2nc3ccc(F)cc3cc2C(N)=O)C1. The lowest BCUT2D eigenvalue weighted by atomic mass is 9.90. The quantitative estimate of drug-likeness (QED) is 0.872. The molecule has 1 saturated heterocycles. The fourth-order valence-corrected chi connectivity index (χ4v) is 3.36. The highest BCUT2D eigenvalue weighted by molar-refractivity contribution is 5.97. The number of primary amides is 1. The lowest BCUT2D eigenvalue weighted by molar-refractivity contribution is 0.0197. The summed E-state index contributed by atoms with van der Waals surface area (Å²) < 4.78 is 19.0. The van der Waals surface area contributed by atoms with Gasteiger partial charge in [0.05, 0.1) is 16.8 Å². The number of halogens is 1. The van der Waals surface area contributed by atoms with E-state index in [4.69, 9.17) is 10.5 Å². The summed E-state index contributed by atoms with van der Waals surface area (Å²) in [7, 11) is 0. The maximum atomic E-state index is 13.5. The van der Waals surface area contributed by atoms with Crippen molar-refractivity contribution in [2.75, 3.05) is 13.1 Å². The Balaban J connectivity index is 1.93. The number of pyridine rings is 1. The molecule has 0 aliphatic carbocycles. The number of hydrogen-bond acceptors (Lipinski definition) is 4. The molecule has 3 rings (SSSR count). The summed E-state index contributed by atoms with van der Waals surface area (Å²) in [5.74, 6) is -1.15. The van der Waals surface area contributed by atoms with Gasteiger partial charge in [0.25, 0.3) is 5.91 Å². The molecule has 0 bridgehead atoms. The first kappa shape index (κ1) is 19.1. The summed E-state index contributed by atoms with van der Waals surface area (Å²) in [6, 6.07) is 5.81. The van der Waals surface area contributed by atoms with Crippen molar-refractivity contribution < 1.29 is 18.7 Å². The first-order chi connectivity index (χ1) is 12.6. The average Bonchev–Trinajstić information content (AvgIpc) is 2.59. The molecule has 2 N–H and O–H groups in total. The van der Waals surface area contributed by atoms with Gasteiger partial charge in [0, 0.05) is 24.4 Å². The lowest BCUT2D eigenvalue weighted by Crippen LogP contribution is -2.42. The fraction of sp³-hybridized carbons (Fsp3) is 0.450. The molecule has 1 atom stereocenters. The van der Waals surface area contributed by atoms with Crippen molar-refractivity contribution in [1.29, 1.82) is 0 Å². The fourth-order valence-electron chi connectivity index (χ4n) is 3.36. The first-order valence-corrected chi connectivity index (χ1v) is 9.02. The molecule has 2 amide bonds. The molecule has 27 heavy (non-hydrogen) atoms. The molecule has 0 spiro atoms. The third-order valence-electron chi connectivity index (χ3n) is 4.53. The number of piperidine rings is 1. The Morgan fingerprint density at radius 2 is 2.04 bits per heavy atom. The molecule has 1 aromatic heterocycles. The van der Waals surface area contributed by atoms with Gasteiger partial charge in [-0.05, 0) is 57.9 Å². The summed E-state index contributed by atoms with van der Waals surface area (Å²) in [5, 5.41) is 0.521. The zero-order chi connectivity index (χ0) is 19.8. The maximum absolute atomic E-state index is 13.5. The number of benzene rings is 1. The number of rotatable bonds is 2. The van der Waals surface area contributed by atoms with E-state index in [2.05, 4.69) is 4.98 Å². The van der Waals surface area contributed by atoms with E-state index in [1.165, 1.54) is 12.1 Å². The topological polar surface area (TPSA) is 85.5 Å². The van der Waals surface area contributed by atoms with Gasteiger partial charge in [-0.2, -0.15) is 0 Å². The van der Waals surface area contributed by atoms with Crippen LogP contribution >= 0.6 is 0 Å². The monoisotopic (exact) mass is 373 g/mol. The second-order valence-corrected chi connectivity index (χ2v) is 7.89. The molecule has 1 aliphatic rings. The number of nitrogens with zero attached hydrogens (tertiary/aromatic N) is 2. The van der Waals surface area contributed by atoms with Gasteiger partial charge >= 0.3 is 6.09 Å². The minimum Gasteiger partial charge on any atom is -0.444 e. The summed E-state index contributed by atoms with van der Waals surface area (Å²) in [6.45, 7) is 6.45. The van der Waals surface area contributed by atoms with Crippen LogP contribution in [0.2, 0.25) is 0 Å². The van der Waals surface area contributed by atoms with Crippen molar-refractivity contribution in [3.05, 3.63) is 41.3 Å². The van der Waals surface area contributed by atoms with Gasteiger partial charge in [-0.1, -0.05) is 0 Å². The molecule has 144 valence electrons. The average molecular weight is 373 g/mol. The molecule has 2 aromatic rings. The number of likely N-dealkylation sites (tertiary alicyclic amines) is 1. The molecular weight excluding hydrogens is 349 g/mol. The number of carbonyl (C=O) groups excluding carboxylic acids is 2. The zero-order valence-corrected chi connectivity index (χ0v) is 15.8. The minimum atomic E-state index is -0.613. The van der Waals surface area contributed by atoms with Gasteiger partial charge in [0.2, 0.25) is 0 Å². The Morgan fingerprint density at radius 1 is 1.30 bits per heavy atom. The number of hydrogen-bond donors (Lipinski definition) is 1. The van der Waals surface area contributed by atoms with Gasteiger partial charge in [-0.15, -0.1) is 0 Å². The van der Waals surface area contributed by atoms with Crippen LogP contribution in [0.25, 0.3) is 10.9 Å². The van der Waals surface area contributed by atoms with Crippen LogP contribution in [0, 0.1) is 5.82 Å². The molecule has 2 heterocycles. The normalized spacial score (nSPS) is 17.8. The van der Waals surface area contributed by atoms with Gasteiger partial charge in [0.1, 0.15) is 11.4 Å². The number of aromatic nitrogens is 1. The van der Waals surface area contributed by atoms with Crippen molar-refractivity contribution >= 4 is 22.9 Å². The highest BCUT2D eigenvalue weighted by Crippen LogP contribution is 2.31. The van der Waals surface area contributed by atoms with E-state index in [0.29, 0.717) is 29.7 Å². The van der Waals surface area contributed by atoms with Gasteiger partial charge in [-0.3, -0.25) is 9.78 Å². The highest BCUT2D eigenvalue weighted by Gasteiger charge is 2.31. The van der Waals surface area contributed by atoms with Gasteiger partial charge < -0.3 is 15.4 Å². The van der Waals surface area contributed by atoms with Crippen molar-refractivity contribution in [3.63, 3.8) is 0 Å². The van der Waals surface area contributed by atoms with E-state index >= 15 is 0 Å². The van der Waals surface area contributed by atoms with Crippen molar-refractivity contribution in [1.82, 2.24) is 9.88 Å². The summed E-state index contributed by atoms with van der Waals surface area (Å²) in [5.41, 5.74) is 6.38. The largest absolute Gasteiger partial charge is 0.444 e. The second kappa shape index (κ2) is 7.13. The van der Waals surface area contributed by atoms with E-state index in [-0.39, 0.29) is 17.6 Å². The summed E-state index contributed by atoms with van der Waals surface area (Å²) >= 11 is 0. The third kappa shape index (κ3) is 4.35. The molecule has 6 nitrogen and oxygen atoms in total. The highest BCUT2D eigenvalue weighted by atomic mass is 19.1. The van der Waals surface area contributed by atoms with E-state index < -0.39 is 17.3 Å². The van der Waals surface area contributed by atoms with Crippen LogP contribution in [0.1, 0.15) is 55.6 Å². The van der Waals surface area contributed by atoms with E-state index in [9.17, 15) is 14.0 Å². The lowest BCUT2D eigenvalue weighted by Gasteiger charge is -2.34. The summed E-state index contributed by atoms with van der Waals surface area (Å²) in [4.78, 5) is 30.6. The molecule has 1 aromatic carbocycles. The van der Waals surface area contributed by atoms with E-state index in [1.807, 2.05) is 20.8 Å². The van der Waals surface area contributed by atoms with E-state index in [0.717, 1.165) is 12.8 Å². The molecule has 1 aliphatic heterocycles.